The second kappa shape index (κ2) is 10.1. The summed E-state index contributed by atoms with van der Waals surface area (Å²) >= 11 is 0. The Bertz CT molecular complexity index is 1270. The van der Waals surface area contributed by atoms with Crippen LogP contribution >= 0.6 is 0 Å². The van der Waals surface area contributed by atoms with E-state index in [0.717, 1.165) is 17.5 Å². The van der Waals surface area contributed by atoms with E-state index in [1.54, 1.807) is 22.9 Å². The molecule has 0 unspecified atom stereocenters. The van der Waals surface area contributed by atoms with Gasteiger partial charge < -0.3 is 10.1 Å². The van der Waals surface area contributed by atoms with Crippen molar-refractivity contribution in [1.29, 1.82) is 0 Å². The Kier molecular flexibility index (Phi) is 7.18. The molecular formula is C24H31N5O4S. The molecule has 1 atom stereocenters. The number of carbonyl (C=O) groups is 1. The van der Waals surface area contributed by atoms with Gasteiger partial charge in [-0.05, 0) is 57.9 Å². The molecule has 4 rings (SSSR count). The SMILES string of the molecule is CCOc1ccccc1CNC(=O)[C@@H]1CCCCN1S(=O)(=O)c1ccc2c(c1)nnn2C(C)C. The number of para-hydroxylation sites is 1. The minimum Gasteiger partial charge on any atom is -0.494 e. The van der Waals surface area contributed by atoms with E-state index in [2.05, 4.69) is 15.6 Å². The molecule has 1 aliphatic rings. The highest BCUT2D eigenvalue weighted by molar-refractivity contribution is 7.89. The average molecular weight is 486 g/mol. The molecule has 1 fully saturated rings. The maximum atomic E-state index is 13.6. The fourth-order valence-electron chi connectivity index (χ4n) is 4.30. The molecule has 9 nitrogen and oxygen atoms in total. The van der Waals surface area contributed by atoms with Gasteiger partial charge in [-0.3, -0.25) is 4.79 Å². The molecule has 2 heterocycles. The van der Waals surface area contributed by atoms with Crippen LogP contribution in [0.5, 0.6) is 5.75 Å². The summed E-state index contributed by atoms with van der Waals surface area (Å²) in [5.74, 6) is 0.405. The molecule has 0 bridgehead atoms. The number of nitrogens with zero attached hydrogens (tertiary/aromatic N) is 4. The number of carbonyl (C=O) groups excluding carboxylic acids is 1. The molecule has 2 aromatic carbocycles. The number of nitrogens with one attached hydrogen (secondary N) is 1. The predicted octanol–water partition coefficient (Wildman–Crippen LogP) is 3.27. The Balaban J connectivity index is 1.55. The number of ether oxygens (including phenoxy) is 1. The summed E-state index contributed by atoms with van der Waals surface area (Å²) in [5.41, 5.74) is 2.14. The van der Waals surface area contributed by atoms with Gasteiger partial charge in [-0.1, -0.05) is 29.8 Å². The van der Waals surface area contributed by atoms with Crippen LogP contribution in [0.4, 0.5) is 0 Å². The van der Waals surface area contributed by atoms with Crippen LogP contribution in [0.25, 0.3) is 11.0 Å². The number of sulfonamides is 1. The molecule has 3 aromatic rings. The molecule has 0 saturated carbocycles. The molecule has 34 heavy (non-hydrogen) atoms. The highest BCUT2D eigenvalue weighted by atomic mass is 32.2. The first kappa shape index (κ1) is 24.2. The Morgan fingerprint density at radius 2 is 2.00 bits per heavy atom. The van der Waals surface area contributed by atoms with Gasteiger partial charge in [0.2, 0.25) is 15.9 Å². The standard InChI is InChI=1S/C24H31N5O4S/c1-4-33-23-11-6-5-9-18(23)16-25-24(30)22-10-7-8-14-28(22)34(31,32)19-12-13-21-20(15-19)26-27-29(21)17(2)3/h5-6,9,11-13,15,17,22H,4,7-8,10,14,16H2,1-3H3,(H,25,30)/t22-/m0/s1. The first-order chi connectivity index (χ1) is 16.3. The molecule has 182 valence electrons. The summed E-state index contributed by atoms with van der Waals surface area (Å²) in [5, 5.41) is 11.2. The zero-order chi connectivity index (χ0) is 24.3. The first-order valence-corrected chi connectivity index (χ1v) is 13.1. The lowest BCUT2D eigenvalue weighted by Gasteiger charge is -2.33. The second-order valence-electron chi connectivity index (χ2n) is 8.66. The number of amides is 1. The third-order valence-electron chi connectivity index (χ3n) is 6.02. The van der Waals surface area contributed by atoms with Crippen LogP contribution in [0.2, 0.25) is 0 Å². The average Bonchev–Trinajstić information content (AvgIpc) is 3.27. The molecule has 1 amide bonds. The predicted molar refractivity (Wildman–Crippen MR) is 129 cm³/mol. The van der Waals surface area contributed by atoms with Crippen LogP contribution in [0, 0.1) is 0 Å². The van der Waals surface area contributed by atoms with Crippen molar-refractivity contribution in [1.82, 2.24) is 24.6 Å². The van der Waals surface area contributed by atoms with Crippen molar-refractivity contribution in [3.05, 3.63) is 48.0 Å². The lowest BCUT2D eigenvalue weighted by Crippen LogP contribution is -2.51. The zero-order valence-electron chi connectivity index (χ0n) is 19.8. The Morgan fingerprint density at radius 3 is 2.76 bits per heavy atom. The lowest BCUT2D eigenvalue weighted by molar-refractivity contribution is -0.125. The topological polar surface area (TPSA) is 106 Å². The summed E-state index contributed by atoms with van der Waals surface area (Å²) in [6.45, 7) is 6.97. The van der Waals surface area contributed by atoms with Crippen molar-refractivity contribution in [2.75, 3.05) is 13.2 Å². The Morgan fingerprint density at radius 1 is 1.21 bits per heavy atom. The molecule has 0 aliphatic carbocycles. The number of aromatic nitrogens is 3. The smallest absolute Gasteiger partial charge is 0.243 e. The summed E-state index contributed by atoms with van der Waals surface area (Å²) in [7, 11) is -3.89. The largest absolute Gasteiger partial charge is 0.494 e. The molecule has 10 heteroatoms. The zero-order valence-corrected chi connectivity index (χ0v) is 20.6. The summed E-state index contributed by atoms with van der Waals surface area (Å²) < 4.78 is 35.9. The number of hydrogen-bond acceptors (Lipinski definition) is 6. The molecule has 1 aromatic heterocycles. The van der Waals surface area contributed by atoms with E-state index in [-0.39, 0.29) is 23.4 Å². The normalized spacial score (nSPS) is 17.2. The molecule has 1 N–H and O–H groups in total. The van der Waals surface area contributed by atoms with Crippen LogP contribution in [0.3, 0.4) is 0 Å². The van der Waals surface area contributed by atoms with Gasteiger partial charge in [-0.25, -0.2) is 13.1 Å². The molecule has 0 spiro atoms. The van der Waals surface area contributed by atoms with Crippen LogP contribution in [0.15, 0.2) is 47.4 Å². The number of fused-ring (bicyclic) bond motifs is 1. The van der Waals surface area contributed by atoms with E-state index in [4.69, 9.17) is 4.74 Å². The fraction of sp³-hybridized carbons (Fsp3) is 0.458. The van der Waals surface area contributed by atoms with Gasteiger partial charge in [-0.15, -0.1) is 5.10 Å². The molecular weight excluding hydrogens is 454 g/mol. The van der Waals surface area contributed by atoms with Crippen LogP contribution < -0.4 is 10.1 Å². The summed E-state index contributed by atoms with van der Waals surface area (Å²) in [4.78, 5) is 13.3. The third-order valence-corrected chi connectivity index (χ3v) is 7.92. The maximum Gasteiger partial charge on any atom is 0.243 e. The van der Waals surface area contributed by atoms with Gasteiger partial charge >= 0.3 is 0 Å². The molecule has 1 saturated heterocycles. The Labute approximate surface area is 200 Å². The van der Waals surface area contributed by atoms with Crippen molar-refractivity contribution in [3.8, 4) is 5.75 Å². The minimum absolute atomic E-state index is 0.107. The monoisotopic (exact) mass is 485 g/mol. The summed E-state index contributed by atoms with van der Waals surface area (Å²) in [6, 6.07) is 11.7. The maximum absolute atomic E-state index is 13.6. The second-order valence-corrected chi connectivity index (χ2v) is 10.6. The number of hydrogen-bond donors (Lipinski definition) is 1. The van der Waals surface area contributed by atoms with Crippen LogP contribution in [0.1, 0.15) is 51.6 Å². The molecule has 1 aliphatic heterocycles. The summed E-state index contributed by atoms with van der Waals surface area (Å²) in [6.07, 6.45) is 1.98. The van der Waals surface area contributed by atoms with Crippen LogP contribution in [-0.2, 0) is 21.4 Å². The fourth-order valence-corrected chi connectivity index (χ4v) is 5.98. The highest BCUT2D eigenvalue weighted by Crippen LogP contribution is 2.28. The van der Waals surface area contributed by atoms with Crippen molar-refractivity contribution in [3.63, 3.8) is 0 Å². The van der Waals surface area contributed by atoms with E-state index in [1.807, 2.05) is 45.0 Å². The van der Waals surface area contributed by atoms with Gasteiger partial charge in [0.05, 0.1) is 17.0 Å². The third kappa shape index (κ3) is 4.78. The van der Waals surface area contributed by atoms with Gasteiger partial charge in [-0.2, -0.15) is 4.31 Å². The van der Waals surface area contributed by atoms with Gasteiger partial charge in [0.15, 0.2) is 0 Å². The first-order valence-electron chi connectivity index (χ1n) is 11.7. The van der Waals surface area contributed by atoms with Gasteiger partial charge in [0, 0.05) is 24.7 Å². The molecule has 0 radical (unpaired) electrons. The quantitative estimate of drug-likeness (QED) is 0.525. The Hall–Kier alpha value is -2.98. The van der Waals surface area contributed by atoms with Gasteiger partial charge in [0.1, 0.15) is 17.3 Å². The van der Waals surface area contributed by atoms with Gasteiger partial charge in [0.25, 0.3) is 0 Å². The van der Waals surface area contributed by atoms with E-state index < -0.39 is 16.1 Å². The lowest BCUT2D eigenvalue weighted by atomic mass is 10.0. The van der Waals surface area contributed by atoms with E-state index in [9.17, 15) is 13.2 Å². The minimum atomic E-state index is -3.89. The number of piperidine rings is 1. The van der Waals surface area contributed by atoms with Crippen LogP contribution in [-0.4, -0.2) is 52.8 Å². The van der Waals surface area contributed by atoms with Crippen molar-refractivity contribution < 1.29 is 17.9 Å². The van der Waals surface area contributed by atoms with E-state index >= 15 is 0 Å². The number of rotatable bonds is 8. The van der Waals surface area contributed by atoms with Crippen molar-refractivity contribution in [2.45, 2.75) is 63.6 Å². The van der Waals surface area contributed by atoms with Crippen molar-refractivity contribution in [2.24, 2.45) is 0 Å². The van der Waals surface area contributed by atoms with Crippen molar-refractivity contribution >= 4 is 27.0 Å². The van der Waals surface area contributed by atoms with E-state index in [0.29, 0.717) is 37.3 Å². The highest BCUT2D eigenvalue weighted by Gasteiger charge is 2.37. The number of benzene rings is 2. The van der Waals surface area contributed by atoms with E-state index in [1.165, 1.54) is 4.31 Å².